The van der Waals surface area contributed by atoms with Gasteiger partial charge in [-0.25, -0.2) is 9.07 Å². The van der Waals surface area contributed by atoms with Crippen molar-refractivity contribution < 1.29 is 9.18 Å². The fourth-order valence-corrected chi connectivity index (χ4v) is 2.10. The Morgan fingerprint density at radius 2 is 1.91 bits per heavy atom. The molecule has 3 rings (SSSR count). The monoisotopic (exact) mass is 310 g/mol. The number of carbonyl (C=O) groups is 1. The van der Waals surface area contributed by atoms with Gasteiger partial charge in [-0.15, -0.1) is 5.10 Å². The zero-order chi connectivity index (χ0) is 16.2. The molecule has 23 heavy (non-hydrogen) atoms. The van der Waals surface area contributed by atoms with E-state index in [1.54, 1.807) is 24.4 Å². The molecular weight excluding hydrogens is 295 g/mol. The van der Waals surface area contributed by atoms with Crippen molar-refractivity contribution in [1.82, 2.24) is 20.3 Å². The number of hydrogen-bond acceptors (Lipinski definition) is 3. The van der Waals surface area contributed by atoms with Crippen molar-refractivity contribution in [3.05, 3.63) is 77.4 Å². The summed E-state index contributed by atoms with van der Waals surface area (Å²) in [6.07, 6.45) is 1.54. The summed E-state index contributed by atoms with van der Waals surface area (Å²) in [6.45, 7) is 2.09. The lowest BCUT2D eigenvalue weighted by Gasteiger charge is -2.04. The summed E-state index contributed by atoms with van der Waals surface area (Å²) >= 11 is 0. The van der Waals surface area contributed by atoms with Gasteiger partial charge in [-0.3, -0.25) is 4.79 Å². The molecule has 1 N–H and O–H groups in total. The number of amides is 1. The van der Waals surface area contributed by atoms with E-state index in [9.17, 15) is 9.18 Å². The molecule has 0 atom stereocenters. The van der Waals surface area contributed by atoms with E-state index in [0.29, 0.717) is 5.56 Å². The Morgan fingerprint density at radius 1 is 1.17 bits per heavy atom. The van der Waals surface area contributed by atoms with Crippen LogP contribution in [0, 0.1) is 12.7 Å². The standard InChI is InChI=1S/C17H15FN4O/c1-12-6-8-14(9-7-12)22-11-16(20-21-22)17(23)19-10-13-4-2-3-5-15(13)18/h2-9,11H,10H2,1H3,(H,19,23). The molecule has 0 unspecified atom stereocenters. The van der Waals surface area contributed by atoms with Gasteiger partial charge in [0, 0.05) is 12.1 Å². The average molecular weight is 310 g/mol. The molecule has 0 bridgehead atoms. The fraction of sp³-hybridized carbons (Fsp3) is 0.118. The highest BCUT2D eigenvalue weighted by Gasteiger charge is 2.12. The molecule has 0 radical (unpaired) electrons. The lowest BCUT2D eigenvalue weighted by atomic mass is 10.2. The van der Waals surface area contributed by atoms with Crippen LogP contribution >= 0.6 is 0 Å². The fourth-order valence-electron chi connectivity index (χ4n) is 2.10. The van der Waals surface area contributed by atoms with E-state index in [1.165, 1.54) is 10.7 Å². The summed E-state index contributed by atoms with van der Waals surface area (Å²) in [7, 11) is 0. The highest BCUT2D eigenvalue weighted by molar-refractivity contribution is 5.91. The predicted molar refractivity (Wildman–Crippen MR) is 83.7 cm³/mol. The molecule has 0 fully saturated rings. The zero-order valence-electron chi connectivity index (χ0n) is 12.5. The summed E-state index contributed by atoms with van der Waals surface area (Å²) in [5.74, 6) is -0.747. The number of rotatable bonds is 4. The van der Waals surface area contributed by atoms with Gasteiger partial charge in [-0.2, -0.15) is 0 Å². The van der Waals surface area contributed by atoms with E-state index in [-0.39, 0.29) is 18.1 Å². The molecule has 6 heteroatoms. The number of nitrogens with zero attached hydrogens (tertiary/aromatic N) is 3. The third-order valence-electron chi connectivity index (χ3n) is 3.42. The number of halogens is 1. The Balaban J connectivity index is 1.69. The summed E-state index contributed by atoms with van der Waals surface area (Å²) in [4.78, 5) is 12.1. The van der Waals surface area contributed by atoms with Gasteiger partial charge in [0.15, 0.2) is 5.69 Å². The molecular formula is C17H15FN4O. The van der Waals surface area contributed by atoms with E-state index in [4.69, 9.17) is 0 Å². The third kappa shape index (κ3) is 3.42. The maximum absolute atomic E-state index is 13.5. The van der Waals surface area contributed by atoms with Crippen LogP contribution in [0.5, 0.6) is 0 Å². The number of aromatic nitrogens is 3. The first kappa shape index (κ1) is 14.9. The van der Waals surface area contributed by atoms with Crippen LogP contribution < -0.4 is 5.32 Å². The minimum Gasteiger partial charge on any atom is -0.346 e. The van der Waals surface area contributed by atoms with E-state index in [1.807, 2.05) is 31.2 Å². The molecule has 0 spiro atoms. The van der Waals surface area contributed by atoms with Crippen molar-refractivity contribution in [2.45, 2.75) is 13.5 Å². The zero-order valence-corrected chi connectivity index (χ0v) is 12.5. The van der Waals surface area contributed by atoms with Gasteiger partial charge >= 0.3 is 0 Å². The largest absolute Gasteiger partial charge is 0.346 e. The molecule has 0 aliphatic carbocycles. The molecule has 116 valence electrons. The maximum atomic E-state index is 13.5. The topological polar surface area (TPSA) is 59.8 Å². The molecule has 0 saturated heterocycles. The lowest BCUT2D eigenvalue weighted by molar-refractivity contribution is 0.0945. The van der Waals surface area contributed by atoms with Crippen molar-refractivity contribution in [3.8, 4) is 5.69 Å². The van der Waals surface area contributed by atoms with Crippen LogP contribution in [-0.2, 0) is 6.54 Å². The van der Waals surface area contributed by atoms with Gasteiger partial charge in [-0.05, 0) is 25.1 Å². The van der Waals surface area contributed by atoms with Gasteiger partial charge in [0.1, 0.15) is 5.82 Å². The molecule has 1 aromatic heterocycles. The van der Waals surface area contributed by atoms with Crippen molar-refractivity contribution in [2.24, 2.45) is 0 Å². The van der Waals surface area contributed by atoms with Crippen LogP contribution in [0.25, 0.3) is 5.69 Å². The SMILES string of the molecule is Cc1ccc(-n2cc(C(=O)NCc3ccccc3F)nn2)cc1. The number of hydrogen-bond donors (Lipinski definition) is 1. The highest BCUT2D eigenvalue weighted by Crippen LogP contribution is 2.09. The Kier molecular flexibility index (Phi) is 4.14. The van der Waals surface area contributed by atoms with E-state index < -0.39 is 5.91 Å². The summed E-state index contributed by atoms with van der Waals surface area (Å²) in [5.41, 5.74) is 2.56. The minimum absolute atomic E-state index is 0.100. The molecule has 2 aromatic carbocycles. The number of aryl methyl sites for hydroxylation is 1. The Morgan fingerprint density at radius 3 is 2.65 bits per heavy atom. The first-order chi connectivity index (χ1) is 11.1. The molecule has 0 aliphatic rings. The smallest absolute Gasteiger partial charge is 0.273 e. The van der Waals surface area contributed by atoms with Crippen molar-refractivity contribution in [3.63, 3.8) is 0 Å². The van der Waals surface area contributed by atoms with Gasteiger partial charge in [0.25, 0.3) is 5.91 Å². The van der Waals surface area contributed by atoms with Crippen LogP contribution in [-0.4, -0.2) is 20.9 Å². The minimum atomic E-state index is -0.397. The van der Waals surface area contributed by atoms with Crippen molar-refractivity contribution in [1.29, 1.82) is 0 Å². The predicted octanol–water partition coefficient (Wildman–Crippen LogP) is 2.64. The molecule has 5 nitrogen and oxygen atoms in total. The van der Waals surface area contributed by atoms with Gasteiger partial charge in [0.05, 0.1) is 11.9 Å². The molecule has 0 saturated carbocycles. The van der Waals surface area contributed by atoms with Crippen LogP contribution in [0.15, 0.2) is 54.7 Å². The first-order valence-electron chi connectivity index (χ1n) is 7.14. The molecule has 1 amide bonds. The second kappa shape index (κ2) is 6.39. The second-order valence-corrected chi connectivity index (χ2v) is 5.16. The third-order valence-corrected chi connectivity index (χ3v) is 3.42. The summed E-state index contributed by atoms with van der Waals surface area (Å²) < 4.78 is 15.0. The van der Waals surface area contributed by atoms with Crippen LogP contribution in [0.2, 0.25) is 0 Å². The molecule has 1 heterocycles. The molecule has 3 aromatic rings. The van der Waals surface area contributed by atoms with E-state index in [2.05, 4.69) is 15.6 Å². The lowest BCUT2D eigenvalue weighted by Crippen LogP contribution is -2.23. The van der Waals surface area contributed by atoms with Crippen molar-refractivity contribution >= 4 is 5.91 Å². The van der Waals surface area contributed by atoms with Crippen molar-refractivity contribution in [2.75, 3.05) is 0 Å². The van der Waals surface area contributed by atoms with Crippen LogP contribution in [0.1, 0.15) is 21.6 Å². The van der Waals surface area contributed by atoms with Crippen LogP contribution in [0.3, 0.4) is 0 Å². The number of benzene rings is 2. The number of carbonyl (C=O) groups excluding carboxylic acids is 1. The van der Waals surface area contributed by atoms with Gasteiger partial charge in [0.2, 0.25) is 0 Å². The highest BCUT2D eigenvalue weighted by atomic mass is 19.1. The maximum Gasteiger partial charge on any atom is 0.273 e. The van der Waals surface area contributed by atoms with Crippen LogP contribution in [0.4, 0.5) is 4.39 Å². The van der Waals surface area contributed by atoms with E-state index in [0.717, 1.165) is 11.3 Å². The average Bonchev–Trinajstić information content (AvgIpc) is 3.04. The summed E-state index contributed by atoms with van der Waals surface area (Å²) in [5, 5.41) is 10.4. The van der Waals surface area contributed by atoms with E-state index >= 15 is 0 Å². The normalized spacial score (nSPS) is 10.5. The van der Waals surface area contributed by atoms with Gasteiger partial charge in [-0.1, -0.05) is 41.1 Å². The second-order valence-electron chi connectivity index (χ2n) is 5.16. The Bertz CT molecular complexity index is 827. The molecule has 0 aliphatic heterocycles. The Labute approximate surface area is 132 Å². The summed E-state index contributed by atoms with van der Waals surface area (Å²) in [6, 6.07) is 14.0. The number of nitrogens with one attached hydrogen (secondary N) is 1. The van der Waals surface area contributed by atoms with Gasteiger partial charge < -0.3 is 5.32 Å². The first-order valence-corrected chi connectivity index (χ1v) is 7.14. The quantitative estimate of drug-likeness (QED) is 0.806. The Hall–Kier alpha value is -3.02.